The van der Waals surface area contributed by atoms with Crippen LogP contribution in [0.5, 0.6) is 0 Å². The number of aryl methyl sites for hydroxylation is 1. The van der Waals surface area contributed by atoms with Crippen LogP contribution in [0.3, 0.4) is 0 Å². The number of furan rings is 1. The van der Waals surface area contributed by atoms with Gasteiger partial charge < -0.3 is 9.52 Å². The van der Waals surface area contributed by atoms with Crippen LogP contribution in [0.2, 0.25) is 0 Å². The second-order valence-electron chi connectivity index (χ2n) is 5.66. The lowest BCUT2D eigenvalue weighted by molar-refractivity contribution is -0.153. The molecule has 1 atom stereocenters. The van der Waals surface area contributed by atoms with Crippen molar-refractivity contribution in [3.63, 3.8) is 0 Å². The molecule has 0 saturated carbocycles. The highest BCUT2D eigenvalue weighted by molar-refractivity contribution is 5.75. The summed E-state index contributed by atoms with van der Waals surface area (Å²) in [6, 6.07) is 3.93. The molecule has 4 nitrogen and oxygen atoms in total. The standard InChI is InChI=1S/C15H23NO3/c1-3-7-15(14(17)18)8-4-9-16(11-15)10-13-6-5-12(2)19-13/h5-6H,3-4,7-11H2,1-2H3,(H,17,18)/t15-/m0/s1. The first-order chi connectivity index (χ1) is 9.05. The predicted molar refractivity (Wildman–Crippen MR) is 72.9 cm³/mol. The van der Waals surface area contributed by atoms with E-state index in [0.29, 0.717) is 13.1 Å². The minimum Gasteiger partial charge on any atom is -0.481 e. The number of carboxylic acids is 1. The first-order valence-corrected chi connectivity index (χ1v) is 7.07. The van der Waals surface area contributed by atoms with E-state index in [-0.39, 0.29) is 0 Å². The van der Waals surface area contributed by atoms with E-state index >= 15 is 0 Å². The molecule has 0 radical (unpaired) electrons. The minimum absolute atomic E-state index is 0.561. The van der Waals surface area contributed by atoms with E-state index in [1.165, 1.54) is 0 Å². The molecule has 1 aromatic heterocycles. The highest BCUT2D eigenvalue weighted by Crippen LogP contribution is 2.35. The van der Waals surface area contributed by atoms with Gasteiger partial charge in [-0.3, -0.25) is 9.69 Å². The SMILES string of the molecule is CCC[C@]1(C(=O)O)CCCN(Cc2ccc(C)o2)C1. The largest absolute Gasteiger partial charge is 0.481 e. The number of hydrogen-bond donors (Lipinski definition) is 1. The Morgan fingerprint density at radius 1 is 1.53 bits per heavy atom. The van der Waals surface area contributed by atoms with E-state index in [9.17, 15) is 9.90 Å². The smallest absolute Gasteiger partial charge is 0.310 e. The third-order valence-electron chi connectivity index (χ3n) is 4.01. The second kappa shape index (κ2) is 5.78. The topological polar surface area (TPSA) is 53.7 Å². The first-order valence-electron chi connectivity index (χ1n) is 7.07. The molecule has 1 N–H and O–H groups in total. The third kappa shape index (κ3) is 3.18. The number of nitrogens with zero attached hydrogens (tertiary/aromatic N) is 1. The van der Waals surface area contributed by atoms with Crippen molar-refractivity contribution >= 4 is 5.97 Å². The Bertz CT molecular complexity index is 436. The molecule has 1 aliphatic rings. The van der Waals surface area contributed by atoms with E-state index in [1.54, 1.807) is 0 Å². The summed E-state index contributed by atoms with van der Waals surface area (Å²) in [5.41, 5.74) is -0.561. The molecule has 1 saturated heterocycles. The number of piperidine rings is 1. The van der Waals surface area contributed by atoms with Crippen LogP contribution in [0.4, 0.5) is 0 Å². The molecule has 0 spiro atoms. The molecule has 0 bridgehead atoms. The van der Waals surface area contributed by atoms with Crippen molar-refractivity contribution in [3.8, 4) is 0 Å². The van der Waals surface area contributed by atoms with Gasteiger partial charge in [0.1, 0.15) is 11.5 Å². The lowest BCUT2D eigenvalue weighted by Gasteiger charge is -2.39. The Hall–Kier alpha value is -1.29. The zero-order chi connectivity index (χ0) is 13.9. The van der Waals surface area contributed by atoms with Crippen molar-refractivity contribution in [1.29, 1.82) is 0 Å². The van der Waals surface area contributed by atoms with Crippen LogP contribution in [0, 0.1) is 12.3 Å². The molecule has 1 fully saturated rings. The van der Waals surface area contributed by atoms with Gasteiger partial charge in [0.2, 0.25) is 0 Å². The quantitative estimate of drug-likeness (QED) is 0.889. The Kier molecular flexibility index (Phi) is 4.30. The molecule has 0 aliphatic carbocycles. The number of rotatable bonds is 5. The van der Waals surface area contributed by atoms with Crippen molar-refractivity contribution in [2.75, 3.05) is 13.1 Å². The van der Waals surface area contributed by atoms with E-state index in [2.05, 4.69) is 11.8 Å². The van der Waals surface area contributed by atoms with Crippen LogP contribution in [0.25, 0.3) is 0 Å². The molecular formula is C15H23NO3. The fourth-order valence-corrected chi connectivity index (χ4v) is 3.12. The van der Waals surface area contributed by atoms with Crippen molar-refractivity contribution in [2.24, 2.45) is 5.41 Å². The number of aliphatic carboxylic acids is 1. The van der Waals surface area contributed by atoms with Crippen LogP contribution < -0.4 is 0 Å². The van der Waals surface area contributed by atoms with Crippen molar-refractivity contribution < 1.29 is 14.3 Å². The maximum atomic E-state index is 11.6. The molecule has 0 aromatic carbocycles. The van der Waals surface area contributed by atoms with Gasteiger partial charge in [0.05, 0.1) is 12.0 Å². The van der Waals surface area contributed by atoms with Gasteiger partial charge in [-0.15, -0.1) is 0 Å². The van der Waals surface area contributed by atoms with Crippen molar-refractivity contribution in [3.05, 3.63) is 23.7 Å². The summed E-state index contributed by atoms with van der Waals surface area (Å²) in [5, 5.41) is 9.56. The van der Waals surface area contributed by atoms with Crippen LogP contribution >= 0.6 is 0 Å². The Morgan fingerprint density at radius 3 is 2.89 bits per heavy atom. The summed E-state index contributed by atoms with van der Waals surface area (Å²) in [4.78, 5) is 13.8. The number of hydrogen-bond acceptors (Lipinski definition) is 3. The van der Waals surface area contributed by atoms with Gasteiger partial charge in [-0.1, -0.05) is 13.3 Å². The summed E-state index contributed by atoms with van der Waals surface area (Å²) >= 11 is 0. The number of likely N-dealkylation sites (tertiary alicyclic amines) is 1. The van der Waals surface area contributed by atoms with E-state index in [4.69, 9.17) is 4.42 Å². The normalized spacial score (nSPS) is 24.5. The van der Waals surface area contributed by atoms with Gasteiger partial charge in [-0.25, -0.2) is 0 Å². The average molecular weight is 265 g/mol. The second-order valence-corrected chi connectivity index (χ2v) is 5.66. The summed E-state index contributed by atoms with van der Waals surface area (Å²) in [6.45, 7) is 6.29. The van der Waals surface area contributed by atoms with Crippen molar-refractivity contribution in [1.82, 2.24) is 4.90 Å². The third-order valence-corrected chi connectivity index (χ3v) is 4.01. The summed E-state index contributed by atoms with van der Waals surface area (Å²) in [5.74, 6) is 1.19. The molecule has 1 aromatic rings. The summed E-state index contributed by atoms with van der Waals surface area (Å²) in [7, 11) is 0. The van der Waals surface area contributed by atoms with Crippen LogP contribution in [0.1, 0.15) is 44.1 Å². The molecule has 4 heteroatoms. The highest BCUT2D eigenvalue weighted by Gasteiger charge is 2.41. The predicted octanol–water partition coefficient (Wildman–Crippen LogP) is 3.05. The van der Waals surface area contributed by atoms with Crippen LogP contribution in [-0.4, -0.2) is 29.1 Å². The monoisotopic (exact) mass is 265 g/mol. The first kappa shape index (κ1) is 14.1. The van der Waals surface area contributed by atoms with Gasteiger partial charge >= 0.3 is 5.97 Å². The molecule has 0 amide bonds. The summed E-state index contributed by atoms with van der Waals surface area (Å²) < 4.78 is 5.59. The van der Waals surface area contributed by atoms with E-state index in [0.717, 1.165) is 43.7 Å². The molecule has 106 valence electrons. The average Bonchev–Trinajstić information content (AvgIpc) is 2.75. The Balaban J connectivity index is 2.05. The fourth-order valence-electron chi connectivity index (χ4n) is 3.12. The van der Waals surface area contributed by atoms with Gasteiger partial charge in [0.15, 0.2) is 0 Å². The molecule has 19 heavy (non-hydrogen) atoms. The highest BCUT2D eigenvalue weighted by atomic mass is 16.4. The zero-order valence-corrected chi connectivity index (χ0v) is 11.8. The maximum Gasteiger partial charge on any atom is 0.310 e. The molecule has 1 aliphatic heterocycles. The van der Waals surface area contributed by atoms with Crippen LogP contribution in [0.15, 0.2) is 16.5 Å². The van der Waals surface area contributed by atoms with E-state index < -0.39 is 11.4 Å². The van der Waals surface area contributed by atoms with Gasteiger partial charge in [-0.05, 0) is 44.9 Å². The van der Waals surface area contributed by atoms with E-state index in [1.807, 2.05) is 19.1 Å². The van der Waals surface area contributed by atoms with Gasteiger partial charge in [0, 0.05) is 6.54 Å². The lowest BCUT2D eigenvalue weighted by atomic mass is 9.76. The van der Waals surface area contributed by atoms with Crippen molar-refractivity contribution in [2.45, 2.75) is 46.1 Å². The summed E-state index contributed by atoms with van der Waals surface area (Å²) in [6.07, 6.45) is 3.42. The minimum atomic E-state index is -0.644. The fraction of sp³-hybridized carbons (Fsp3) is 0.667. The van der Waals surface area contributed by atoms with Gasteiger partial charge in [-0.2, -0.15) is 0 Å². The zero-order valence-electron chi connectivity index (χ0n) is 11.8. The molecule has 2 rings (SSSR count). The molecular weight excluding hydrogens is 242 g/mol. The molecule has 0 unspecified atom stereocenters. The number of carbonyl (C=O) groups is 1. The Labute approximate surface area is 114 Å². The van der Waals surface area contributed by atoms with Gasteiger partial charge in [0.25, 0.3) is 0 Å². The Morgan fingerprint density at radius 2 is 2.32 bits per heavy atom. The lowest BCUT2D eigenvalue weighted by Crippen LogP contribution is -2.47. The molecule has 2 heterocycles. The van der Waals surface area contributed by atoms with Crippen LogP contribution in [-0.2, 0) is 11.3 Å². The maximum absolute atomic E-state index is 11.6. The number of carboxylic acid groups (broad SMARTS) is 1.